The summed E-state index contributed by atoms with van der Waals surface area (Å²) in [6, 6.07) is 7.83. The maximum atomic E-state index is 12.2. The Morgan fingerprint density at radius 2 is 2.04 bits per heavy atom. The number of rotatable bonds is 7. The molecular weight excluding hydrogens is 296 g/mol. The van der Waals surface area contributed by atoms with Crippen molar-refractivity contribution in [3.8, 4) is 0 Å². The molecule has 0 aliphatic heterocycles. The van der Waals surface area contributed by atoms with Crippen LogP contribution in [0.25, 0.3) is 0 Å². The maximum Gasteiger partial charge on any atom is 0.328 e. The minimum atomic E-state index is -0.779. The Labute approximate surface area is 134 Å². The average Bonchev–Trinajstić information content (AvgIpc) is 3.07. The van der Waals surface area contributed by atoms with E-state index < -0.39 is 24.0 Å². The first-order valence-corrected chi connectivity index (χ1v) is 7.25. The molecule has 0 aliphatic rings. The smallest absolute Gasteiger partial charge is 0.328 e. The zero-order chi connectivity index (χ0) is 16.7. The molecule has 0 saturated carbocycles. The lowest BCUT2D eigenvalue weighted by molar-refractivity contribution is -0.145. The quantitative estimate of drug-likeness (QED) is 0.631. The number of ether oxygens (including phenoxy) is 1. The topological polar surface area (TPSA) is 110 Å². The molecule has 0 spiro atoms. The molecule has 0 aliphatic carbocycles. The third-order valence-electron chi connectivity index (χ3n) is 3.42. The Morgan fingerprint density at radius 3 is 2.65 bits per heavy atom. The summed E-state index contributed by atoms with van der Waals surface area (Å²) < 4.78 is 4.76. The highest BCUT2D eigenvalue weighted by Gasteiger charge is 2.25. The SMILES string of the molecule is COC(=O)[C@@H](Cc1ccccc1)NC(=O)[C@@H](N)Cc1cnc[nH]1. The number of aromatic nitrogens is 2. The summed E-state index contributed by atoms with van der Waals surface area (Å²) >= 11 is 0. The lowest BCUT2D eigenvalue weighted by atomic mass is 10.0. The van der Waals surface area contributed by atoms with Crippen LogP contribution in [0.15, 0.2) is 42.9 Å². The molecule has 0 fully saturated rings. The highest BCUT2D eigenvalue weighted by atomic mass is 16.5. The second-order valence-corrected chi connectivity index (χ2v) is 5.16. The number of carbonyl (C=O) groups is 2. The minimum absolute atomic E-state index is 0.311. The number of benzene rings is 1. The third kappa shape index (κ3) is 4.93. The van der Waals surface area contributed by atoms with Crippen molar-refractivity contribution >= 4 is 11.9 Å². The van der Waals surface area contributed by atoms with E-state index in [0.29, 0.717) is 12.8 Å². The van der Waals surface area contributed by atoms with Crippen LogP contribution in [0.4, 0.5) is 0 Å². The summed E-state index contributed by atoms with van der Waals surface area (Å²) in [7, 11) is 1.29. The number of imidazole rings is 1. The Kier molecular flexibility index (Phi) is 5.87. The molecule has 1 aromatic carbocycles. The maximum absolute atomic E-state index is 12.2. The monoisotopic (exact) mass is 316 g/mol. The number of amides is 1. The van der Waals surface area contributed by atoms with Gasteiger partial charge in [-0.3, -0.25) is 4.79 Å². The fraction of sp³-hybridized carbons (Fsp3) is 0.312. The van der Waals surface area contributed by atoms with Crippen LogP contribution in [0.1, 0.15) is 11.3 Å². The number of methoxy groups -OCH3 is 1. The van der Waals surface area contributed by atoms with E-state index in [-0.39, 0.29) is 0 Å². The van der Waals surface area contributed by atoms with E-state index in [1.165, 1.54) is 13.4 Å². The zero-order valence-electron chi connectivity index (χ0n) is 12.9. The minimum Gasteiger partial charge on any atom is -0.467 e. The van der Waals surface area contributed by atoms with Crippen molar-refractivity contribution in [2.24, 2.45) is 5.73 Å². The second-order valence-electron chi connectivity index (χ2n) is 5.16. The lowest BCUT2D eigenvalue weighted by Gasteiger charge is -2.19. The van der Waals surface area contributed by atoms with Crippen molar-refractivity contribution in [3.05, 3.63) is 54.1 Å². The van der Waals surface area contributed by atoms with E-state index in [1.807, 2.05) is 30.3 Å². The molecule has 122 valence electrons. The predicted molar refractivity (Wildman–Crippen MR) is 84.4 cm³/mol. The van der Waals surface area contributed by atoms with E-state index in [4.69, 9.17) is 10.5 Å². The van der Waals surface area contributed by atoms with Crippen LogP contribution in [-0.2, 0) is 27.2 Å². The van der Waals surface area contributed by atoms with Crippen molar-refractivity contribution in [1.29, 1.82) is 0 Å². The molecule has 7 nitrogen and oxygen atoms in total. The molecular formula is C16H20N4O3. The van der Waals surface area contributed by atoms with Gasteiger partial charge in [0, 0.05) is 24.7 Å². The van der Waals surface area contributed by atoms with Crippen LogP contribution >= 0.6 is 0 Å². The first-order valence-electron chi connectivity index (χ1n) is 7.25. The molecule has 1 amide bonds. The second kappa shape index (κ2) is 8.09. The third-order valence-corrected chi connectivity index (χ3v) is 3.42. The largest absolute Gasteiger partial charge is 0.467 e. The number of esters is 1. The highest BCUT2D eigenvalue weighted by Crippen LogP contribution is 2.05. The van der Waals surface area contributed by atoms with Gasteiger partial charge >= 0.3 is 5.97 Å². The van der Waals surface area contributed by atoms with Gasteiger partial charge in [0.25, 0.3) is 0 Å². The van der Waals surface area contributed by atoms with Gasteiger partial charge in [0.15, 0.2) is 0 Å². The number of nitrogens with zero attached hydrogens (tertiary/aromatic N) is 1. The van der Waals surface area contributed by atoms with Crippen molar-refractivity contribution in [2.75, 3.05) is 7.11 Å². The van der Waals surface area contributed by atoms with Crippen molar-refractivity contribution in [3.63, 3.8) is 0 Å². The summed E-state index contributed by atoms with van der Waals surface area (Å²) in [5.74, 6) is -0.915. The van der Waals surface area contributed by atoms with Gasteiger partial charge in [-0.1, -0.05) is 30.3 Å². The number of aromatic amines is 1. The summed E-state index contributed by atoms with van der Waals surface area (Å²) in [4.78, 5) is 30.9. The van der Waals surface area contributed by atoms with Crippen molar-refractivity contribution in [1.82, 2.24) is 15.3 Å². The molecule has 0 radical (unpaired) electrons. The predicted octanol–water partition coefficient (Wildman–Crippen LogP) is 0.180. The van der Waals surface area contributed by atoms with Gasteiger partial charge in [0.1, 0.15) is 6.04 Å². The molecule has 2 aromatic rings. The van der Waals surface area contributed by atoms with Gasteiger partial charge in [-0.2, -0.15) is 0 Å². The van der Waals surface area contributed by atoms with Crippen molar-refractivity contribution in [2.45, 2.75) is 24.9 Å². The Hall–Kier alpha value is -2.67. The van der Waals surface area contributed by atoms with Gasteiger partial charge in [0.2, 0.25) is 5.91 Å². The Morgan fingerprint density at radius 1 is 1.30 bits per heavy atom. The van der Waals surface area contributed by atoms with Gasteiger partial charge in [0.05, 0.1) is 19.5 Å². The number of hydrogen-bond acceptors (Lipinski definition) is 5. The van der Waals surface area contributed by atoms with Crippen molar-refractivity contribution < 1.29 is 14.3 Å². The number of hydrogen-bond donors (Lipinski definition) is 3. The van der Waals surface area contributed by atoms with E-state index in [2.05, 4.69) is 15.3 Å². The summed E-state index contributed by atoms with van der Waals surface area (Å²) in [5.41, 5.74) is 7.56. The fourth-order valence-electron chi connectivity index (χ4n) is 2.19. The highest BCUT2D eigenvalue weighted by molar-refractivity contribution is 5.87. The number of H-pyrrole nitrogens is 1. The standard InChI is InChI=1S/C16H20N4O3/c1-23-16(22)14(7-11-5-3-2-4-6-11)20-15(21)13(17)8-12-9-18-10-19-12/h2-6,9-10,13-14H,7-8,17H2,1H3,(H,18,19)(H,20,21)/t13-,14+/m0/s1. The number of nitrogens with two attached hydrogens (primary N) is 1. The van der Waals surface area contributed by atoms with E-state index >= 15 is 0 Å². The lowest BCUT2D eigenvalue weighted by Crippen LogP contribution is -2.50. The first-order chi connectivity index (χ1) is 11.1. The molecule has 0 bridgehead atoms. The molecule has 0 saturated heterocycles. The number of nitrogens with one attached hydrogen (secondary N) is 2. The molecule has 23 heavy (non-hydrogen) atoms. The van der Waals surface area contributed by atoms with Crippen LogP contribution in [0.5, 0.6) is 0 Å². The number of carbonyl (C=O) groups excluding carboxylic acids is 2. The molecule has 0 unspecified atom stereocenters. The summed E-state index contributed by atoms with van der Waals surface area (Å²) in [6.07, 6.45) is 3.78. The van der Waals surface area contributed by atoms with Gasteiger partial charge < -0.3 is 20.8 Å². The zero-order valence-corrected chi connectivity index (χ0v) is 12.9. The molecule has 1 heterocycles. The van der Waals surface area contributed by atoms with Crippen LogP contribution < -0.4 is 11.1 Å². The molecule has 7 heteroatoms. The van der Waals surface area contributed by atoms with Gasteiger partial charge in [-0.15, -0.1) is 0 Å². The van der Waals surface area contributed by atoms with Crippen LogP contribution in [0.2, 0.25) is 0 Å². The van der Waals surface area contributed by atoms with E-state index in [1.54, 1.807) is 6.20 Å². The molecule has 1 aromatic heterocycles. The van der Waals surface area contributed by atoms with E-state index in [9.17, 15) is 9.59 Å². The summed E-state index contributed by atoms with van der Waals surface area (Å²) in [6.45, 7) is 0. The molecule has 2 atom stereocenters. The summed E-state index contributed by atoms with van der Waals surface area (Å²) in [5, 5.41) is 2.66. The Balaban J connectivity index is 1.99. The van der Waals surface area contributed by atoms with Gasteiger partial charge in [-0.05, 0) is 5.56 Å². The van der Waals surface area contributed by atoms with E-state index in [0.717, 1.165) is 11.3 Å². The van der Waals surface area contributed by atoms with Crippen LogP contribution in [0.3, 0.4) is 0 Å². The molecule has 4 N–H and O–H groups in total. The fourth-order valence-corrected chi connectivity index (χ4v) is 2.19. The van der Waals surface area contributed by atoms with Crippen LogP contribution in [0, 0.1) is 0 Å². The molecule has 2 rings (SSSR count). The Bertz CT molecular complexity index is 628. The normalized spacial score (nSPS) is 13.1. The first kappa shape index (κ1) is 16.7. The average molecular weight is 316 g/mol. The van der Waals surface area contributed by atoms with Gasteiger partial charge in [-0.25, -0.2) is 9.78 Å². The van der Waals surface area contributed by atoms with Crippen LogP contribution in [-0.4, -0.2) is 41.0 Å².